The molecule has 0 saturated carbocycles. The smallest absolute Gasteiger partial charge is 0.338 e. The quantitative estimate of drug-likeness (QED) is 0.822. The van der Waals surface area contributed by atoms with E-state index < -0.39 is 5.97 Å². The van der Waals surface area contributed by atoms with Crippen LogP contribution in [0.3, 0.4) is 0 Å². The Hall–Kier alpha value is -1.55. The highest BCUT2D eigenvalue weighted by molar-refractivity contribution is 5.95. The van der Waals surface area contributed by atoms with Crippen molar-refractivity contribution in [3.05, 3.63) is 29.3 Å². The van der Waals surface area contributed by atoms with Crippen molar-refractivity contribution in [2.24, 2.45) is 5.92 Å². The second-order valence-electron chi connectivity index (χ2n) is 5.50. The Kier molecular flexibility index (Phi) is 4.43. The lowest BCUT2D eigenvalue weighted by molar-refractivity contribution is 0.0695. The van der Waals surface area contributed by atoms with Gasteiger partial charge in [-0.3, -0.25) is 4.90 Å². The second-order valence-corrected chi connectivity index (χ2v) is 5.50. The Balaban J connectivity index is 2.14. The number of carboxylic acids is 1. The van der Waals surface area contributed by atoms with Crippen LogP contribution >= 0.6 is 0 Å². The molecule has 104 valence electrons. The number of benzene rings is 1. The van der Waals surface area contributed by atoms with Crippen molar-refractivity contribution < 1.29 is 9.90 Å². The highest BCUT2D eigenvalue weighted by Gasteiger charge is 2.18. The third-order valence-electron chi connectivity index (χ3n) is 3.90. The highest BCUT2D eigenvalue weighted by atomic mass is 16.4. The number of aromatic carboxylic acids is 1. The molecular formula is C15H22N2O2. The van der Waals surface area contributed by atoms with E-state index in [1.807, 2.05) is 12.1 Å². The van der Waals surface area contributed by atoms with Gasteiger partial charge in [-0.05, 0) is 49.9 Å². The summed E-state index contributed by atoms with van der Waals surface area (Å²) in [6.07, 6.45) is 3.63. The Morgan fingerprint density at radius 2 is 2.21 bits per heavy atom. The van der Waals surface area contributed by atoms with E-state index in [4.69, 9.17) is 5.73 Å². The number of likely N-dealkylation sites (tertiary alicyclic amines) is 1. The van der Waals surface area contributed by atoms with Crippen molar-refractivity contribution in [3.63, 3.8) is 0 Å². The summed E-state index contributed by atoms with van der Waals surface area (Å²) in [7, 11) is 0. The third-order valence-corrected chi connectivity index (χ3v) is 3.90. The van der Waals surface area contributed by atoms with E-state index >= 15 is 0 Å². The van der Waals surface area contributed by atoms with Crippen LogP contribution in [-0.4, -0.2) is 29.1 Å². The average Bonchev–Trinajstić information content (AvgIpc) is 2.54. The molecule has 4 heteroatoms. The van der Waals surface area contributed by atoms with Crippen LogP contribution in [0.4, 0.5) is 5.69 Å². The predicted molar refractivity (Wildman–Crippen MR) is 76.1 cm³/mol. The van der Waals surface area contributed by atoms with Crippen LogP contribution in [0.5, 0.6) is 0 Å². The largest absolute Gasteiger partial charge is 0.478 e. The van der Waals surface area contributed by atoms with E-state index in [-0.39, 0.29) is 5.56 Å². The molecule has 0 radical (unpaired) electrons. The molecule has 1 fully saturated rings. The van der Waals surface area contributed by atoms with Crippen LogP contribution in [-0.2, 0) is 6.54 Å². The van der Waals surface area contributed by atoms with Crippen LogP contribution in [0.2, 0.25) is 0 Å². The number of hydrogen-bond donors (Lipinski definition) is 2. The summed E-state index contributed by atoms with van der Waals surface area (Å²) in [5.74, 6) is -0.166. The molecule has 3 N–H and O–H groups in total. The minimum Gasteiger partial charge on any atom is -0.478 e. The van der Waals surface area contributed by atoms with Crippen molar-refractivity contribution in [2.45, 2.75) is 32.7 Å². The number of carboxylic acid groups (broad SMARTS) is 1. The normalized spacial score (nSPS) is 21.0. The molecule has 1 aromatic rings. The maximum atomic E-state index is 11.3. The van der Waals surface area contributed by atoms with Crippen molar-refractivity contribution in [3.8, 4) is 0 Å². The van der Waals surface area contributed by atoms with Gasteiger partial charge >= 0.3 is 5.97 Å². The molecule has 0 amide bonds. The Bertz CT molecular complexity index is 459. The first-order valence-corrected chi connectivity index (χ1v) is 6.91. The second kappa shape index (κ2) is 6.06. The van der Waals surface area contributed by atoms with Gasteiger partial charge in [0.25, 0.3) is 0 Å². The monoisotopic (exact) mass is 262 g/mol. The zero-order valence-electron chi connectivity index (χ0n) is 11.4. The van der Waals surface area contributed by atoms with Gasteiger partial charge in [0.2, 0.25) is 0 Å². The Labute approximate surface area is 114 Å². The van der Waals surface area contributed by atoms with Crippen molar-refractivity contribution in [2.75, 3.05) is 18.8 Å². The van der Waals surface area contributed by atoms with Gasteiger partial charge in [0.15, 0.2) is 0 Å². The molecule has 0 aliphatic carbocycles. The molecule has 0 spiro atoms. The van der Waals surface area contributed by atoms with Crippen molar-refractivity contribution in [1.82, 2.24) is 4.90 Å². The number of nitrogen functional groups attached to an aromatic ring is 1. The first kappa shape index (κ1) is 13.9. The zero-order valence-corrected chi connectivity index (χ0v) is 11.4. The molecule has 1 unspecified atom stereocenters. The summed E-state index contributed by atoms with van der Waals surface area (Å²) in [5.41, 5.74) is 7.22. The van der Waals surface area contributed by atoms with E-state index in [0.29, 0.717) is 12.2 Å². The van der Waals surface area contributed by atoms with E-state index in [1.54, 1.807) is 6.07 Å². The molecule has 1 heterocycles. The van der Waals surface area contributed by atoms with Crippen molar-refractivity contribution in [1.29, 1.82) is 0 Å². The fourth-order valence-electron chi connectivity index (χ4n) is 2.73. The Morgan fingerprint density at radius 3 is 2.95 bits per heavy atom. The predicted octanol–water partition coefficient (Wildman–Crippen LogP) is 2.59. The Morgan fingerprint density at radius 1 is 1.42 bits per heavy atom. The summed E-state index contributed by atoms with van der Waals surface area (Å²) >= 11 is 0. The minimum absolute atomic E-state index is 0.264. The molecule has 4 nitrogen and oxygen atoms in total. The molecule has 1 aromatic carbocycles. The van der Waals surface area contributed by atoms with Gasteiger partial charge in [-0.15, -0.1) is 0 Å². The van der Waals surface area contributed by atoms with Crippen LogP contribution < -0.4 is 5.73 Å². The molecule has 2 rings (SSSR count). The van der Waals surface area contributed by atoms with Gasteiger partial charge in [-0.1, -0.05) is 19.1 Å². The lowest BCUT2D eigenvalue weighted by atomic mass is 10.0. The van der Waals surface area contributed by atoms with E-state index in [0.717, 1.165) is 24.6 Å². The van der Waals surface area contributed by atoms with Gasteiger partial charge < -0.3 is 10.8 Å². The van der Waals surface area contributed by atoms with Crippen LogP contribution in [0.1, 0.15) is 42.1 Å². The average molecular weight is 262 g/mol. The van der Waals surface area contributed by atoms with Gasteiger partial charge in [0, 0.05) is 12.2 Å². The topological polar surface area (TPSA) is 66.6 Å². The lowest BCUT2D eigenvalue weighted by Gasteiger charge is -2.21. The zero-order chi connectivity index (χ0) is 13.8. The molecule has 19 heavy (non-hydrogen) atoms. The standard InChI is InChI=1S/C15H22N2O2/c1-11-4-3-8-17(9-7-11)10-12-5-2-6-13(16)14(12)15(18)19/h2,5-6,11H,3-4,7-10,16H2,1H3,(H,18,19). The van der Waals surface area contributed by atoms with Crippen LogP contribution in [0.15, 0.2) is 18.2 Å². The number of nitrogens with two attached hydrogens (primary N) is 1. The molecule has 1 atom stereocenters. The fraction of sp³-hybridized carbons (Fsp3) is 0.533. The van der Waals surface area contributed by atoms with Gasteiger partial charge in [-0.25, -0.2) is 4.79 Å². The lowest BCUT2D eigenvalue weighted by Crippen LogP contribution is -2.25. The molecular weight excluding hydrogens is 240 g/mol. The summed E-state index contributed by atoms with van der Waals surface area (Å²) < 4.78 is 0. The van der Waals surface area contributed by atoms with E-state index in [2.05, 4.69) is 11.8 Å². The number of hydrogen-bond acceptors (Lipinski definition) is 3. The highest BCUT2D eigenvalue weighted by Crippen LogP contribution is 2.22. The maximum absolute atomic E-state index is 11.3. The van der Waals surface area contributed by atoms with Gasteiger partial charge in [0.05, 0.1) is 5.56 Å². The SMILES string of the molecule is CC1CCCN(Cc2cccc(N)c2C(=O)O)CC1. The molecule has 0 aromatic heterocycles. The van der Waals surface area contributed by atoms with Gasteiger partial charge in [-0.2, -0.15) is 0 Å². The molecule has 0 bridgehead atoms. The van der Waals surface area contributed by atoms with E-state index in [9.17, 15) is 9.90 Å². The fourth-order valence-corrected chi connectivity index (χ4v) is 2.73. The summed E-state index contributed by atoms with van der Waals surface area (Å²) in [6, 6.07) is 5.35. The molecule has 1 aliphatic rings. The summed E-state index contributed by atoms with van der Waals surface area (Å²) in [5, 5.41) is 9.28. The van der Waals surface area contributed by atoms with Crippen LogP contribution in [0, 0.1) is 5.92 Å². The first-order chi connectivity index (χ1) is 9.08. The summed E-state index contributed by atoms with van der Waals surface area (Å²) in [4.78, 5) is 13.6. The summed E-state index contributed by atoms with van der Waals surface area (Å²) in [6.45, 7) is 5.04. The van der Waals surface area contributed by atoms with Gasteiger partial charge in [0.1, 0.15) is 0 Å². The molecule has 1 aliphatic heterocycles. The number of anilines is 1. The number of carbonyl (C=O) groups is 1. The van der Waals surface area contributed by atoms with Crippen molar-refractivity contribution >= 4 is 11.7 Å². The first-order valence-electron chi connectivity index (χ1n) is 6.91. The number of nitrogens with zero attached hydrogens (tertiary/aromatic N) is 1. The number of rotatable bonds is 3. The van der Waals surface area contributed by atoms with E-state index in [1.165, 1.54) is 19.3 Å². The third kappa shape index (κ3) is 3.47. The van der Waals surface area contributed by atoms with Crippen LogP contribution in [0.25, 0.3) is 0 Å². The minimum atomic E-state index is -0.934. The molecule has 1 saturated heterocycles. The maximum Gasteiger partial charge on any atom is 0.338 e.